The Balaban J connectivity index is 2.19. The molecule has 0 aromatic heterocycles. The number of hydrogen-bond donors (Lipinski definition) is 1. The first-order valence-electron chi connectivity index (χ1n) is 8.64. The van der Waals surface area contributed by atoms with E-state index >= 15 is 0 Å². The van der Waals surface area contributed by atoms with Crippen LogP contribution in [0.3, 0.4) is 0 Å². The van der Waals surface area contributed by atoms with E-state index < -0.39 is 0 Å². The first kappa shape index (κ1) is 20.5. The molecular weight excluding hydrogens is 356 g/mol. The number of allylic oxidation sites excluding steroid dienone is 3. The van der Waals surface area contributed by atoms with E-state index in [4.69, 9.17) is 5.41 Å². The van der Waals surface area contributed by atoms with Crippen LogP contribution in [0.25, 0.3) is 17.2 Å². The van der Waals surface area contributed by atoms with Crippen molar-refractivity contribution in [3.8, 4) is 11.1 Å². The van der Waals surface area contributed by atoms with Gasteiger partial charge in [0.1, 0.15) is 6.54 Å². The van der Waals surface area contributed by atoms with Crippen LogP contribution < -0.4 is 0 Å². The molecule has 0 saturated carbocycles. The molecule has 2 aromatic carbocycles. The van der Waals surface area contributed by atoms with E-state index in [-0.39, 0.29) is 6.54 Å². The molecule has 0 spiro atoms. The lowest BCUT2D eigenvalue weighted by atomic mass is 10.0. The molecule has 27 heavy (non-hydrogen) atoms. The summed E-state index contributed by atoms with van der Waals surface area (Å²) in [6.07, 6.45) is 4.81. The maximum atomic E-state index is 11.4. The molecule has 0 amide bonds. The molecule has 4 nitrogen and oxygen atoms in total. The van der Waals surface area contributed by atoms with Crippen LogP contribution in [-0.2, 0) is 11.3 Å². The van der Waals surface area contributed by atoms with Gasteiger partial charge in [-0.3, -0.25) is 4.79 Å². The maximum absolute atomic E-state index is 11.4. The van der Waals surface area contributed by atoms with E-state index in [9.17, 15) is 9.70 Å². The second-order valence-electron chi connectivity index (χ2n) is 5.98. The van der Waals surface area contributed by atoms with Crippen molar-refractivity contribution < 1.29 is 4.79 Å². The predicted octanol–water partition coefficient (Wildman–Crippen LogP) is 6.23. The summed E-state index contributed by atoms with van der Waals surface area (Å²) in [7, 11) is 0. The summed E-state index contributed by atoms with van der Waals surface area (Å²) in [6, 6.07) is 15.7. The Morgan fingerprint density at radius 3 is 2.15 bits per heavy atom. The van der Waals surface area contributed by atoms with Gasteiger partial charge in [-0.1, -0.05) is 72.4 Å². The quantitative estimate of drug-likeness (QED) is 0.243. The number of carbonyl (C=O) groups excluding carboxylic acids is 1. The molecule has 0 aliphatic heterocycles. The van der Waals surface area contributed by atoms with Crippen LogP contribution in [0.2, 0.25) is 0 Å². The Morgan fingerprint density at radius 1 is 1.07 bits per heavy atom. The number of rotatable bonds is 9. The molecule has 0 radical (unpaired) electrons. The smallest absolute Gasteiger partial charge is 0.156 e. The molecule has 0 aliphatic rings. The van der Waals surface area contributed by atoms with Crippen molar-refractivity contribution in [3.05, 3.63) is 79.9 Å². The molecule has 5 heteroatoms. The number of aldehydes is 1. The van der Waals surface area contributed by atoms with Gasteiger partial charge in [-0.05, 0) is 52.2 Å². The summed E-state index contributed by atoms with van der Waals surface area (Å²) < 4.78 is 0. The van der Waals surface area contributed by atoms with E-state index in [0.29, 0.717) is 4.91 Å². The molecule has 0 aliphatic carbocycles. The average molecular weight is 378 g/mol. The number of thioether (sulfide) groups is 1. The third kappa shape index (κ3) is 5.86. The predicted molar refractivity (Wildman–Crippen MR) is 115 cm³/mol. The summed E-state index contributed by atoms with van der Waals surface area (Å²) in [6.45, 7) is 4.08. The van der Waals surface area contributed by atoms with Crippen molar-refractivity contribution in [2.75, 3.05) is 0 Å². The van der Waals surface area contributed by atoms with Crippen LogP contribution in [0.1, 0.15) is 31.4 Å². The molecule has 1 N–H and O–H groups in total. The Labute approximate surface area is 163 Å². The van der Waals surface area contributed by atoms with Crippen LogP contribution in [0.5, 0.6) is 0 Å². The molecule has 0 bridgehead atoms. The molecular formula is C22H22N2O2S. The molecule has 2 rings (SSSR count). The van der Waals surface area contributed by atoms with Crippen molar-refractivity contribution in [2.24, 2.45) is 5.18 Å². The van der Waals surface area contributed by atoms with Gasteiger partial charge in [0.25, 0.3) is 0 Å². The second-order valence-corrected chi connectivity index (χ2v) is 7.15. The van der Waals surface area contributed by atoms with Crippen molar-refractivity contribution in [2.45, 2.75) is 26.8 Å². The highest BCUT2D eigenvalue weighted by molar-refractivity contribution is 8.07. The number of nitroso groups, excluding NO2 is 1. The van der Waals surface area contributed by atoms with Gasteiger partial charge >= 0.3 is 0 Å². The van der Waals surface area contributed by atoms with E-state index in [2.05, 4.69) is 5.18 Å². The number of benzene rings is 2. The fourth-order valence-electron chi connectivity index (χ4n) is 2.55. The molecule has 0 atom stereocenters. The zero-order chi connectivity index (χ0) is 19.6. The van der Waals surface area contributed by atoms with E-state index in [1.54, 1.807) is 0 Å². The molecule has 138 valence electrons. The van der Waals surface area contributed by atoms with Gasteiger partial charge in [-0.2, -0.15) is 4.91 Å². The molecule has 0 unspecified atom stereocenters. The van der Waals surface area contributed by atoms with Crippen LogP contribution in [0.15, 0.2) is 69.1 Å². The highest BCUT2D eigenvalue weighted by Crippen LogP contribution is 2.30. The first-order valence-corrected chi connectivity index (χ1v) is 9.46. The van der Waals surface area contributed by atoms with E-state index in [0.717, 1.165) is 45.4 Å². The summed E-state index contributed by atoms with van der Waals surface area (Å²) in [5.74, 6) is 0. The molecule has 0 heterocycles. The largest absolute Gasteiger partial charge is 0.308 e. The van der Waals surface area contributed by atoms with Gasteiger partial charge in [0.2, 0.25) is 0 Å². The van der Waals surface area contributed by atoms with Crippen LogP contribution >= 0.6 is 11.8 Å². The van der Waals surface area contributed by atoms with Crippen LogP contribution in [0.4, 0.5) is 0 Å². The molecule has 0 fully saturated rings. The van der Waals surface area contributed by atoms with Gasteiger partial charge < -0.3 is 5.41 Å². The zero-order valence-electron chi connectivity index (χ0n) is 15.4. The number of nitrogens with zero attached hydrogens (tertiary/aromatic N) is 1. The first-order chi connectivity index (χ1) is 13.1. The third-order valence-electron chi connectivity index (χ3n) is 4.09. The standard InChI is InChI=1S/C22H22N2O2S/c1-3-22(16(2)13-23)27-21(15-25)12-17-4-8-19(9-5-17)20-10-6-18(7-11-20)14-24-26/h4-13,15,23H,3,14H2,1-2H3/b21-12+,22-16+,23-13?. The second kappa shape index (κ2) is 10.4. The third-order valence-corrected chi connectivity index (χ3v) is 5.40. The van der Waals surface area contributed by atoms with Gasteiger partial charge in [0.05, 0.1) is 4.91 Å². The van der Waals surface area contributed by atoms with Crippen molar-refractivity contribution in [3.63, 3.8) is 0 Å². The van der Waals surface area contributed by atoms with Crippen molar-refractivity contribution >= 4 is 30.3 Å². The lowest BCUT2D eigenvalue weighted by Crippen LogP contribution is -1.88. The van der Waals surface area contributed by atoms with Crippen LogP contribution in [0, 0.1) is 10.3 Å². The van der Waals surface area contributed by atoms with E-state index in [1.165, 1.54) is 18.0 Å². The summed E-state index contributed by atoms with van der Waals surface area (Å²) >= 11 is 1.41. The number of hydrogen-bond acceptors (Lipinski definition) is 5. The fraction of sp³-hybridized carbons (Fsp3) is 0.182. The fourth-order valence-corrected chi connectivity index (χ4v) is 3.45. The Morgan fingerprint density at radius 2 is 1.67 bits per heavy atom. The lowest BCUT2D eigenvalue weighted by molar-refractivity contribution is -0.104. The zero-order valence-corrected chi connectivity index (χ0v) is 16.3. The highest BCUT2D eigenvalue weighted by atomic mass is 32.2. The van der Waals surface area contributed by atoms with Crippen LogP contribution in [-0.4, -0.2) is 12.5 Å². The van der Waals surface area contributed by atoms with Crippen molar-refractivity contribution in [1.29, 1.82) is 5.41 Å². The van der Waals surface area contributed by atoms with Crippen molar-refractivity contribution in [1.82, 2.24) is 0 Å². The molecule has 0 saturated heterocycles. The minimum Gasteiger partial charge on any atom is -0.308 e. The average Bonchev–Trinajstić information content (AvgIpc) is 2.72. The topological polar surface area (TPSA) is 70.3 Å². The summed E-state index contributed by atoms with van der Waals surface area (Å²) in [5.41, 5.74) is 4.83. The Hall–Kier alpha value is -2.79. The SMILES string of the molecule is CC/C(S/C(C=O)=C/c1ccc(-c2ccc(CN=O)cc2)cc1)=C(/C)C=N. The highest BCUT2D eigenvalue weighted by Gasteiger charge is 2.05. The van der Waals surface area contributed by atoms with Gasteiger partial charge in [0, 0.05) is 6.21 Å². The summed E-state index contributed by atoms with van der Waals surface area (Å²) in [5, 5.41) is 10.3. The minimum absolute atomic E-state index is 0.182. The summed E-state index contributed by atoms with van der Waals surface area (Å²) in [4.78, 5) is 23.4. The Bertz CT molecular complexity index is 866. The number of carbonyl (C=O) groups is 1. The Kier molecular flexibility index (Phi) is 7.89. The molecule has 2 aromatic rings. The lowest BCUT2D eigenvalue weighted by Gasteiger charge is -2.07. The van der Waals surface area contributed by atoms with Gasteiger partial charge in [-0.25, -0.2) is 0 Å². The van der Waals surface area contributed by atoms with E-state index in [1.807, 2.05) is 68.5 Å². The maximum Gasteiger partial charge on any atom is 0.156 e. The monoisotopic (exact) mass is 378 g/mol. The minimum atomic E-state index is 0.182. The van der Waals surface area contributed by atoms with Gasteiger partial charge in [-0.15, -0.1) is 0 Å². The number of nitrogens with one attached hydrogen (secondary N) is 1. The normalized spacial score (nSPS) is 12.3. The van der Waals surface area contributed by atoms with Gasteiger partial charge in [0.15, 0.2) is 6.29 Å².